The molecule has 1 saturated carbocycles. The van der Waals surface area contributed by atoms with Crippen molar-refractivity contribution in [1.29, 1.82) is 0 Å². The van der Waals surface area contributed by atoms with Crippen molar-refractivity contribution in [3.8, 4) is 0 Å². The molecule has 0 radical (unpaired) electrons. The zero-order chi connectivity index (χ0) is 13.9. The van der Waals surface area contributed by atoms with Crippen molar-refractivity contribution in [3.63, 3.8) is 0 Å². The van der Waals surface area contributed by atoms with Crippen LogP contribution in [0.5, 0.6) is 0 Å². The molecule has 0 spiro atoms. The van der Waals surface area contributed by atoms with Gasteiger partial charge < -0.3 is 10.2 Å². The maximum absolute atomic E-state index is 10.6. The van der Waals surface area contributed by atoms with Gasteiger partial charge in [-0.3, -0.25) is 10.5 Å². The standard InChI is InChI=1S/C15H21NO3.ClH/c16-15(19,13-8-6-11(10-17)7-9-13)14(18)12-4-2-1-3-5-12;/h6-10,12,14,18-19H,1-5,16H2;1H/t14-,15-;/m0./s1. The predicted molar refractivity (Wildman–Crippen MR) is 79.7 cm³/mol. The molecular formula is C15H22ClNO3. The Morgan fingerprint density at radius 1 is 1.20 bits per heavy atom. The Balaban J connectivity index is 0.00000200. The average Bonchev–Trinajstić information content (AvgIpc) is 2.47. The van der Waals surface area contributed by atoms with E-state index in [1.165, 1.54) is 6.42 Å². The summed E-state index contributed by atoms with van der Waals surface area (Å²) in [6, 6.07) is 6.37. The van der Waals surface area contributed by atoms with Crippen molar-refractivity contribution in [2.45, 2.75) is 43.9 Å². The molecule has 0 amide bonds. The molecular weight excluding hydrogens is 278 g/mol. The molecule has 1 aromatic carbocycles. The monoisotopic (exact) mass is 299 g/mol. The van der Waals surface area contributed by atoms with Gasteiger partial charge in [0.15, 0.2) is 5.72 Å². The summed E-state index contributed by atoms with van der Waals surface area (Å²) in [5, 5.41) is 20.7. The molecule has 1 aliphatic rings. The van der Waals surface area contributed by atoms with Gasteiger partial charge in [0.1, 0.15) is 12.4 Å². The van der Waals surface area contributed by atoms with Gasteiger partial charge in [-0.25, -0.2) is 0 Å². The van der Waals surface area contributed by atoms with Crippen molar-refractivity contribution in [3.05, 3.63) is 35.4 Å². The molecule has 0 aliphatic heterocycles. The minimum atomic E-state index is -1.76. The number of aldehydes is 1. The number of halogens is 1. The summed E-state index contributed by atoms with van der Waals surface area (Å²) in [7, 11) is 0. The second-order valence-electron chi connectivity index (χ2n) is 5.41. The summed E-state index contributed by atoms with van der Waals surface area (Å²) in [6.07, 6.45) is 4.87. The molecule has 20 heavy (non-hydrogen) atoms. The van der Waals surface area contributed by atoms with E-state index in [9.17, 15) is 15.0 Å². The molecule has 1 aliphatic carbocycles. The number of aliphatic hydroxyl groups is 2. The van der Waals surface area contributed by atoms with Crippen LogP contribution < -0.4 is 5.73 Å². The van der Waals surface area contributed by atoms with Crippen LogP contribution in [0.15, 0.2) is 24.3 Å². The van der Waals surface area contributed by atoms with E-state index in [2.05, 4.69) is 0 Å². The van der Waals surface area contributed by atoms with Gasteiger partial charge in [0, 0.05) is 11.1 Å². The number of carbonyl (C=O) groups excluding carboxylic acids is 1. The van der Waals surface area contributed by atoms with Gasteiger partial charge in [-0.1, -0.05) is 43.5 Å². The van der Waals surface area contributed by atoms with Crippen molar-refractivity contribution >= 4 is 18.7 Å². The Kier molecular flexibility index (Phi) is 6.14. The van der Waals surface area contributed by atoms with Crippen LogP contribution in [0.3, 0.4) is 0 Å². The third kappa shape index (κ3) is 3.58. The van der Waals surface area contributed by atoms with Crippen molar-refractivity contribution in [2.24, 2.45) is 11.7 Å². The fraction of sp³-hybridized carbons (Fsp3) is 0.533. The molecule has 1 fully saturated rings. The minimum absolute atomic E-state index is 0. The Hall–Kier alpha value is -0.940. The molecule has 1 aromatic rings. The maximum atomic E-state index is 10.6. The summed E-state index contributed by atoms with van der Waals surface area (Å²) in [5.74, 6) is 0.0366. The topological polar surface area (TPSA) is 83.5 Å². The van der Waals surface area contributed by atoms with Crippen LogP contribution in [-0.4, -0.2) is 22.6 Å². The number of benzene rings is 1. The first kappa shape index (κ1) is 17.1. The summed E-state index contributed by atoms with van der Waals surface area (Å²) in [6.45, 7) is 0. The fourth-order valence-corrected chi connectivity index (χ4v) is 2.81. The molecule has 112 valence electrons. The first-order valence-corrected chi connectivity index (χ1v) is 6.80. The highest BCUT2D eigenvalue weighted by Crippen LogP contribution is 2.33. The molecule has 2 rings (SSSR count). The summed E-state index contributed by atoms with van der Waals surface area (Å²) < 4.78 is 0. The van der Waals surface area contributed by atoms with E-state index in [0.29, 0.717) is 11.1 Å². The largest absolute Gasteiger partial charge is 0.388 e. The normalized spacial score (nSPS) is 20.6. The minimum Gasteiger partial charge on any atom is -0.388 e. The van der Waals surface area contributed by atoms with Gasteiger partial charge >= 0.3 is 0 Å². The van der Waals surface area contributed by atoms with Crippen molar-refractivity contribution in [1.82, 2.24) is 0 Å². The van der Waals surface area contributed by atoms with E-state index in [1.54, 1.807) is 24.3 Å². The first-order chi connectivity index (χ1) is 9.05. The third-order valence-corrected chi connectivity index (χ3v) is 4.06. The molecule has 4 N–H and O–H groups in total. The van der Waals surface area contributed by atoms with E-state index in [1.807, 2.05) is 0 Å². The Labute approximate surface area is 125 Å². The van der Waals surface area contributed by atoms with Crippen LogP contribution in [0.1, 0.15) is 48.0 Å². The molecule has 0 bridgehead atoms. The van der Waals surface area contributed by atoms with Gasteiger partial charge in [0.2, 0.25) is 0 Å². The average molecular weight is 300 g/mol. The maximum Gasteiger partial charge on any atom is 0.166 e. The fourth-order valence-electron chi connectivity index (χ4n) is 2.81. The molecule has 5 heteroatoms. The van der Waals surface area contributed by atoms with Gasteiger partial charge in [0.25, 0.3) is 0 Å². The number of hydrogen-bond acceptors (Lipinski definition) is 4. The molecule has 4 nitrogen and oxygen atoms in total. The third-order valence-electron chi connectivity index (χ3n) is 4.06. The van der Waals surface area contributed by atoms with Gasteiger partial charge in [-0.05, 0) is 18.8 Å². The van der Waals surface area contributed by atoms with Crippen LogP contribution in [0.25, 0.3) is 0 Å². The lowest BCUT2D eigenvalue weighted by Crippen LogP contribution is -2.51. The zero-order valence-electron chi connectivity index (χ0n) is 11.4. The lowest BCUT2D eigenvalue weighted by atomic mass is 9.79. The number of nitrogens with two attached hydrogens (primary N) is 1. The molecule has 0 heterocycles. The Morgan fingerprint density at radius 3 is 2.25 bits per heavy atom. The van der Waals surface area contributed by atoms with Crippen LogP contribution >= 0.6 is 12.4 Å². The predicted octanol–water partition coefficient (Wildman–Crippen LogP) is 1.97. The molecule has 0 aromatic heterocycles. The number of hydrogen-bond donors (Lipinski definition) is 3. The highest BCUT2D eigenvalue weighted by molar-refractivity contribution is 5.85. The van der Waals surface area contributed by atoms with Gasteiger partial charge in [0.05, 0.1) is 0 Å². The first-order valence-electron chi connectivity index (χ1n) is 6.80. The SMILES string of the molecule is Cl.N[C@](O)(c1ccc(C=O)cc1)[C@@H](O)C1CCCCC1. The second-order valence-corrected chi connectivity index (χ2v) is 5.41. The van der Waals surface area contributed by atoms with Crippen LogP contribution in [0.4, 0.5) is 0 Å². The van der Waals surface area contributed by atoms with Gasteiger partial charge in [-0.2, -0.15) is 0 Å². The second kappa shape index (κ2) is 7.18. The molecule has 0 saturated heterocycles. The van der Waals surface area contributed by atoms with Crippen LogP contribution in [0, 0.1) is 5.92 Å². The van der Waals surface area contributed by atoms with Crippen LogP contribution in [-0.2, 0) is 5.72 Å². The lowest BCUT2D eigenvalue weighted by molar-refractivity contribution is -0.109. The number of aliphatic hydroxyl groups excluding tert-OH is 1. The summed E-state index contributed by atoms with van der Waals surface area (Å²) >= 11 is 0. The van der Waals surface area contributed by atoms with E-state index in [0.717, 1.165) is 32.0 Å². The Morgan fingerprint density at radius 2 is 1.75 bits per heavy atom. The van der Waals surface area contributed by atoms with E-state index >= 15 is 0 Å². The highest BCUT2D eigenvalue weighted by atomic mass is 35.5. The molecule has 0 unspecified atom stereocenters. The van der Waals surface area contributed by atoms with E-state index < -0.39 is 11.8 Å². The summed E-state index contributed by atoms with van der Waals surface area (Å²) in [4.78, 5) is 10.6. The molecule has 2 atom stereocenters. The van der Waals surface area contributed by atoms with Gasteiger partial charge in [-0.15, -0.1) is 12.4 Å². The Bertz CT molecular complexity index is 427. The highest BCUT2D eigenvalue weighted by Gasteiger charge is 2.38. The van der Waals surface area contributed by atoms with Crippen molar-refractivity contribution < 1.29 is 15.0 Å². The van der Waals surface area contributed by atoms with Crippen molar-refractivity contribution in [2.75, 3.05) is 0 Å². The quantitative estimate of drug-likeness (QED) is 0.586. The summed E-state index contributed by atoms with van der Waals surface area (Å²) in [5.41, 5.74) is 5.12. The zero-order valence-corrected chi connectivity index (χ0v) is 12.2. The van der Waals surface area contributed by atoms with E-state index in [-0.39, 0.29) is 18.3 Å². The van der Waals surface area contributed by atoms with E-state index in [4.69, 9.17) is 5.73 Å². The lowest BCUT2D eigenvalue weighted by Gasteiger charge is -2.36. The smallest absolute Gasteiger partial charge is 0.166 e. The van der Waals surface area contributed by atoms with Crippen LogP contribution in [0.2, 0.25) is 0 Å². The number of carbonyl (C=O) groups is 1. The number of rotatable bonds is 4.